The summed E-state index contributed by atoms with van der Waals surface area (Å²) in [6.45, 7) is 3.06. The van der Waals surface area contributed by atoms with Crippen LogP contribution in [0.15, 0.2) is 256 Å². The van der Waals surface area contributed by atoms with Crippen molar-refractivity contribution >= 4 is 131 Å². The second-order valence-corrected chi connectivity index (χ2v) is 24.2. The molecule has 19 rings (SSSR count). The van der Waals surface area contributed by atoms with Crippen molar-refractivity contribution in [2.75, 3.05) is 0 Å². The van der Waals surface area contributed by atoms with Crippen LogP contribution < -0.4 is 0 Å². The van der Waals surface area contributed by atoms with E-state index in [9.17, 15) is 0 Å². The van der Waals surface area contributed by atoms with Crippen LogP contribution in [0.5, 0.6) is 0 Å². The van der Waals surface area contributed by atoms with Gasteiger partial charge >= 0.3 is 0 Å². The summed E-state index contributed by atoms with van der Waals surface area (Å²) in [4.78, 5) is 31.3. The van der Waals surface area contributed by atoms with E-state index in [0.29, 0.717) is 39.3 Å². The highest BCUT2D eigenvalue weighted by atomic mass is 15.1. The van der Waals surface area contributed by atoms with E-state index in [0.717, 1.165) is 131 Å². The van der Waals surface area contributed by atoms with Gasteiger partial charge in [0, 0.05) is 39.3 Å². The van der Waals surface area contributed by atoms with E-state index in [1.165, 1.54) is 33.4 Å². The van der Waals surface area contributed by atoms with Crippen LogP contribution in [-0.4, -0.2) is 57.3 Å². The number of nitrogens with zero attached hydrogens (tertiary/aromatic N) is 12. The number of hydrogen-bond acceptors (Lipinski definition) is 6. The maximum Gasteiger partial charge on any atom is 0.0961 e. The van der Waals surface area contributed by atoms with E-state index < -0.39 is 0 Å². The molecule has 19 aromatic rings. The van der Waals surface area contributed by atoms with Crippen molar-refractivity contribution in [2.45, 2.75) is 39.3 Å². The maximum atomic E-state index is 5.22. The van der Waals surface area contributed by atoms with Gasteiger partial charge in [0.15, 0.2) is 0 Å². The van der Waals surface area contributed by atoms with E-state index in [1.54, 1.807) is 0 Å². The number of fused-ring (bicyclic) bond motifs is 12. The van der Waals surface area contributed by atoms with Crippen molar-refractivity contribution in [1.82, 2.24) is 57.3 Å². The first kappa shape index (κ1) is 50.4. The normalized spacial score (nSPS) is 12.3. The first-order chi connectivity index (χ1) is 44.5. The SMILES string of the molecule is c1ccc2cc3c(cc2c1)ncn3Cc1c(Cn2cnc3cc4ccccc4cc32)c(Cn2cnc3cc4ccccc4cc32)c(Cn2cnc3cc4ccccc4cc32)c(Cn2cnc3cc4ccccc4cc32)c1Cn1cnc2cc3ccccc3cc21. The van der Waals surface area contributed by atoms with Gasteiger partial charge in [0.2, 0.25) is 0 Å². The molecule has 0 fully saturated rings. The predicted octanol–water partition coefficient (Wildman–Crippen LogP) is 17.0. The van der Waals surface area contributed by atoms with Crippen LogP contribution in [0.1, 0.15) is 33.4 Å². The van der Waals surface area contributed by atoms with E-state index in [4.69, 9.17) is 29.9 Å². The minimum atomic E-state index is 0.509. The largest absolute Gasteiger partial charge is 0.326 e. The van der Waals surface area contributed by atoms with Crippen molar-refractivity contribution < 1.29 is 0 Å². The average Bonchev–Trinajstić information content (AvgIpc) is 1.38. The van der Waals surface area contributed by atoms with Crippen LogP contribution in [0.4, 0.5) is 0 Å². The highest BCUT2D eigenvalue weighted by Crippen LogP contribution is 2.39. The highest BCUT2D eigenvalue weighted by Gasteiger charge is 2.29. The Labute approximate surface area is 514 Å². The van der Waals surface area contributed by atoms with Crippen LogP contribution in [0.3, 0.4) is 0 Å². The van der Waals surface area contributed by atoms with Gasteiger partial charge in [-0.2, -0.15) is 0 Å². The Kier molecular flexibility index (Phi) is 11.1. The molecule has 0 spiro atoms. The molecule has 0 amide bonds. The minimum Gasteiger partial charge on any atom is -0.326 e. The fourth-order valence-electron chi connectivity index (χ4n) is 14.5. The van der Waals surface area contributed by atoms with E-state index >= 15 is 0 Å². The average molecular weight is 1160 g/mol. The van der Waals surface area contributed by atoms with Crippen molar-refractivity contribution in [2.24, 2.45) is 0 Å². The van der Waals surface area contributed by atoms with E-state index in [2.05, 4.69) is 246 Å². The molecule has 90 heavy (non-hydrogen) atoms. The van der Waals surface area contributed by atoms with Crippen LogP contribution in [0.25, 0.3) is 131 Å². The fraction of sp³-hybridized carbons (Fsp3) is 0.0769. The number of imidazole rings is 6. The van der Waals surface area contributed by atoms with Crippen LogP contribution in [0, 0.1) is 0 Å². The van der Waals surface area contributed by atoms with Gasteiger partial charge in [-0.3, -0.25) is 0 Å². The number of benzene rings is 13. The summed E-state index contributed by atoms with van der Waals surface area (Å²) in [7, 11) is 0. The monoisotopic (exact) mass is 1160 g/mol. The van der Waals surface area contributed by atoms with Gasteiger partial charge in [-0.1, -0.05) is 146 Å². The molecule has 13 aromatic carbocycles. The Morgan fingerprint density at radius 3 is 0.456 bits per heavy atom. The van der Waals surface area contributed by atoms with Gasteiger partial charge in [-0.05, 0) is 171 Å². The van der Waals surface area contributed by atoms with Crippen molar-refractivity contribution in [3.8, 4) is 0 Å². The summed E-state index contributed by atoms with van der Waals surface area (Å²) >= 11 is 0. The lowest BCUT2D eigenvalue weighted by Crippen LogP contribution is -2.22. The van der Waals surface area contributed by atoms with E-state index in [1.807, 2.05) is 38.0 Å². The standard InChI is InChI=1S/C78H54N12/c1-7-19-55-31-73-67(25-49(55)13-1)79-43-85(73)37-61-62(38-86-44-80-68-26-50-14-2-8-20-56(50)32-74(68)86)64(40-88-46-82-70-28-52-16-4-10-22-58(52)34-76(70)88)66(42-90-48-84-72-30-54-18-6-12-24-60(54)36-78(72)90)65(41-89-47-83-71-29-53-17-5-11-23-59(53)35-77(71)89)63(61)39-87-45-81-69-27-51-15-3-9-21-57(51)33-75(69)87/h1-36,43-48H,37-42H2. The molecule has 6 aromatic heterocycles. The molecule has 12 heteroatoms. The molecule has 12 nitrogen and oxygen atoms in total. The lowest BCUT2D eigenvalue weighted by molar-refractivity contribution is 0.680. The van der Waals surface area contributed by atoms with Crippen molar-refractivity contribution in [1.29, 1.82) is 0 Å². The lowest BCUT2D eigenvalue weighted by atomic mass is 9.84. The summed E-state index contributed by atoms with van der Waals surface area (Å²) < 4.78 is 14.3. The van der Waals surface area contributed by atoms with Gasteiger partial charge in [-0.15, -0.1) is 0 Å². The second kappa shape index (κ2) is 19.9. The summed E-state index contributed by atoms with van der Waals surface area (Å²) in [6, 6.07) is 78.9. The Morgan fingerprint density at radius 1 is 0.178 bits per heavy atom. The molecule has 0 aliphatic carbocycles. The Hall–Kier alpha value is -11.8. The van der Waals surface area contributed by atoms with Gasteiger partial charge in [0.1, 0.15) is 0 Å². The van der Waals surface area contributed by atoms with Gasteiger partial charge in [0.25, 0.3) is 0 Å². The third-order valence-corrected chi connectivity index (χ3v) is 19.1. The van der Waals surface area contributed by atoms with E-state index in [-0.39, 0.29) is 0 Å². The van der Waals surface area contributed by atoms with Crippen LogP contribution >= 0.6 is 0 Å². The number of hydrogen-bond donors (Lipinski definition) is 0. The molecule has 0 atom stereocenters. The minimum absolute atomic E-state index is 0.509. The highest BCUT2D eigenvalue weighted by molar-refractivity contribution is 6.00. The maximum absolute atomic E-state index is 5.22. The Bertz CT molecular complexity index is 5160. The molecule has 0 aliphatic heterocycles. The lowest BCUT2D eigenvalue weighted by Gasteiger charge is -2.29. The first-order valence-corrected chi connectivity index (χ1v) is 30.7. The zero-order valence-electron chi connectivity index (χ0n) is 48.9. The van der Waals surface area contributed by atoms with Crippen LogP contribution in [0.2, 0.25) is 0 Å². The zero-order chi connectivity index (χ0) is 59.0. The predicted molar refractivity (Wildman–Crippen MR) is 364 cm³/mol. The summed E-state index contributed by atoms with van der Waals surface area (Å²) in [5, 5.41) is 13.9. The molecule has 0 aliphatic rings. The quantitative estimate of drug-likeness (QED) is 0.121. The van der Waals surface area contributed by atoms with Crippen molar-refractivity contribution in [3.05, 3.63) is 290 Å². The first-order valence-electron chi connectivity index (χ1n) is 30.7. The molecule has 0 saturated carbocycles. The Morgan fingerprint density at radius 2 is 0.311 bits per heavy atom. The topological polar surface area (TPSA) is 107 Å². The summed E-state index contributed by atoms with van der Waals surface area (Å²) in [5.41, 5.74) is 19.3. The van der Waals surface area contributed by atoms with Gasteiger partial charge in [-0.25, -0.2) is 29.9 Å². The van der Waals surface area contributed by atoms with Gasteiger partial charge < -0.3 is 27.4 Å². The Balaban J connectivity index is 0.952. The molecular weight excluding hydrogens is 1100 g/mol. The fourth-order valence-corrected chi connectivity index (χ4v) is 14.5. The molecular formula is C78H54N12. The van der Waals surface area contributed by atoms with Crippen LogP contribution in [-0.2, 0) is 39.3 Å². The van der Waals surface area contributed by atoms with Crippen molar-refractivity contribution in [3.63, 3.8) is 0 Å². The number of rotatable bonds is 12. The molecule has 0 saturated heterocycles. The molecule has 0 unspecified atom stereocenters. The molecule has 0 radical (unpaired) electrons. The molecule has 0 N–H and O–H groups in total. The third-order valence-electron chi connectivity index (χ3n) is 19.1. The zero-order valence-corrected chi connectivity index (χ0v) is 48.9. The summed E-state index contributed by atoms with van der Waals surface area (Å²) in [6.07, 6.45) is 12.3. The smallest absolute Gasteiger partial charge is 0.0961 e. The van der Waals surface area contributed by atoms with Gasteiger partial charge in [0.05, 0.1) is 104 Å². The second-order valence-electron chi connectivity index (χ2n) is 24.2. The molecule has 0 bridgehead atoms. The number of aromatic nitrogens is 12. The third kappa shape index (κ3) is 8.29. The summed E-state index contributed by atoms with van der Waals surface area (Å²) in [5.74, 6) is 0. The molecule has 6 heterocycles. The molecule has 426 valence electrons.